The van der Waals surface area contributed by atoms with Crippen LogP contribution in [0.25, 0.3) is 0 Å². The zero-order valence-corrected chi connectivity index (χ0v) is 12.3. The Kier molecular flexibility index (Phi) is 3.75. The fourth-order valence-corrected chi connectivity index (χ4v) is 2.83. The molecule has 2 nitrogen and oxygen atoms in total. The molecule has 0 aliphatic carbocycles. The van der Waals surface area contributed by atoms with Gasteiger partial charge in [-0.15, -0.1) is 0 Å². The van der Waals surface area contributed by atoms with Crippen LogP contribution in [0.4, 0.5) is 11.4 Å². The van der Waals surface area contributed by atoms with Gasteiger partial charge in [0, 0.05) is 30.5 Å². The molecule has 3 rings (SSSR count). The fourth-order valence-electron chi connectivity index (χ4n) is 2.83. The summed E-state index contributed by atoms with van der Waals surface area (Å²) in [4.78, 5) is 2.45. The van der Waals surface area contributed by atoms with Gasteiger partial charge in [0.15, 0.2) is 0 Å². The number of para-hydroxylation sites is 2. The van der Waals surface area contributed by atoms with Crippen LogP contribution in [0.5, 0.6) is 0 Å². The van der Waals surface area contributed by atoms with Crippen molar-refractivity contribution < 1.29 is 0 Å². The summed E-state index contributed by atoms with van der Waals surface area (Å²) in [6, 6.07) is 18.0. The number of hydrogen-bond donors (Lipinski definition) is 1. The Morgan fingerprint density at radius 3 is 2.50 bits per heavy atom. The summed E-state index contributed by atoms with van der Waals surface area (Å²) >= 11 is 0. The van der Waals surface area contributed by atoms with Gasteiger partial charge in [0.2, 0.25) is 0 Å². The van der Waals surface area contributed by atoms with Crippen molar-refractivity contribution in [1.82, 2.24) is 5.32 Å². The third kappa shape index (κ3) is 2.56. The highest BCUT2D eigenvalue weighted by molar-refractivity contribution is 5.71. The number of anilines is 2. The van der Waals surface area contributed by atoms with Crippen molar-refractivity contribution in [3.8, 4) is 0 Å². The molecule has 2 heteroatoms. The van der Waals surface area contributed by atoms with E-state index >= 15 is 0 Å². The first-order chi connectivity index (χ1) is 9.75. The molecular weight excluding hydrogens is 244 g/mol. The van der Waals surface area contributed by atoms with Crippen molar-refractivity contribution in [1.29, 1.82) is 0 Å². The van der Waals surface area contributed by atoms with Crippen molar-refractivity contribution in [2.45, 2.75) is 32.9 Å². The second-order valence-corrected chi connectivity index (χ2v) is 5.69. The maximum Gasteiger partial charge on any atom is 0.0456 e. The molecule has 2 aromatic rings. The van der Waals surface area contributed by atoms with Crippen LogP contribution in [0.3, 0.4) is 0 Å². The molecular formula is C18H22N2. The third-order valence-electron chi connectivity index (χ3n) is 3.87. The molecule has 0 unspecified atom stereocenters. The number of benzene rings is 2. The summed E-state index contributed by atoms with van der Waals surface area (Å²) in [6.45, 7) is 6.38. The Bertz CT molecular complexity index is 589. The maximum absolute atomic E-state index is 3.52. The lowest BCUT2D eigenvalue weighted by molar-refractivity contribution is 0.589. The van der Waals surface area contributed by atoms with Crippen LogP contribution < -0.4 is 10.2 Å². The molecule has 0 bridgehead atoms. The molecule has 1 aliphatic rings. The highest BCUT2D eigenvalue weighted by Gasteiger charge is 2.21. The van der Waals surface area contributed by atoms with Crippen molar-refractivity contribution in [3.63, 3.8) is 0 Å². The summed E-state index contributed by atoms with van der Waals surface area (Å²) in [6.07, 6.45) is 1.14. The first-order valence-corrected chi connectivity index (χ1v) is 7.42. The van der Waals surface area contributed by atoms with E-state index in [4.69, 9.17) is 0 Å². The minimum atomic E-state index is 0.508. The zero-order chi connectivity index (χ0) is 13.9. The molecule has 1 heterocycles. The highest BCUT2D eigenvalue weighted by Crippen LogP contribution is 2.35. The zero-order valence-electron chi connectivity index (χ0n) is 12.3. The van der Waals surface area contributed by atoms with Crippen LogP contribution in [0.2, 0.25) is 0 Å². The quantitative estimate of drug-likeness (QED) is 0.903. The second-order valence-electron chi connectivity index (χ2n) is 5.69. The Balaban J connectivity index is 1.91. The van der Waals surface area contributed by atoms with E-state index in [9.17, 15) is 0 Å². The van der Waals surface area contributed by atoms with Crippen LogP contribution >= 0.6 is 0 Å². The molecule has 0 spiro atoms. The van der Waals surface area contributed by atoms with E-state index < -0.39 is 0 Å². The molecule has 104 valence electrons. The molecule has 20 heavy (non-hydrogen) atoms. The Morgan fingerprint density at radius 2 is 1.70 bits per heavy atom. The highest BCUT2D eigenvalue weighted by atomic mass is 15.2. The molecule has 0 saturated carbocycles. The van der Waals surface area contributed by atoms with Gasteiger partial charge in [0.05, 0.1) is 0 Å². The number of nitrogens with zero attached hydrogens (tertiary/aromatic N) is 1. The van der Waals surface area contributed by atoms with Crippen molar-refractivity contribution in [2.24, 2.45) is 0 Å². The summed E-state index contributed by atoms with van der Waals surface area (Å²) in [5.41, 5.74) is 5.53. The monoisotopic (exact) mass is 266 g/mol. The minimum absolute atomic E-state index is 0.508. The van der Waals surface area contributed by atoms with Crippen molar-refractivity contribution in [2.75, 3.05) is 11.4 Å². The van der Waals surface area contributed by atoms with Gasteiger partial charge < -0.3 is 10.2 Å². The molecule has 0 fully saturated rings. The average molecular weight is 266 g/mol. The van der Waals surface area contributed by atoms with Gasteiger partial charge in [-0.2, -0.15) is 0 Å². The van der Waals surface area contributed by atoms with Crippen LogP contribution in [-0.2, 0) is 13.0 Å². The Morgan fingerprint density at radius 1 is 1.00 bits per heavy atom. The van der Waals surface area contributed by atoms with Crippen LogP contribution in [0.1, 0.15) is 25.0 Å². The third-order valence-corrected chi connectivity index (χ3v) is 3.87. The van der Waals surface area contributed by atoms with E-state index in [0.717, 1.165) is 19.5 Å². The summed E-state index contributed by atoms with van der Waals surface area (Å²) in [5.74, 6) is 0. The predicted molar refractivity (Wildman–Crippen MR) is 85.6 cm³/mol. The molecule has 0 aromatic heterocycles. The normalized spacial score (nSPS) is 13.8. The minimum Gasteiger partial charge on any atom is -0.341 e. The van der Waals surface area contributed by atoms with Crippen molar-refractivity contribution in [3.05, 3.63) is 59.7 Å². The van der Waals surface area contributed by atoms with Gasteiger partial charge in [-0.3, -0.25) is 0 Å². The van der Waals surface area contributed by atoms with E-state index in [1.54, 1.807) is 0 Å². The van der Waals surface area contributed by atoms with Crippen LogP contribution in [0, 0.1) is 0 Å². The van der Waals surface area contributed by atoms with Gasteiger partial charge >= 0.3 is 0 Å². The van der Waals surface area contributed by atoms with E-state index in [2.05, 4.69) is 72.6 Å². The Labute approximate surface area is 121 Å². The van der Waals surface area contributed by atoms with E-state index in [1.807, 2.05) is 0 Å². The fraction of sp³-hybridized carbons (Fsp3) is 0.333. The number of hydrogen-bond acceptors (Lipinski definition) is 2. The second kappa shape index (κ2) is 5.68. The summed E-state index contributed by atoms with van der Waals surface area (Å²) in [5, 5.41) is 3.52. The first kappa shape index (κ1) is 13.2. The smallest absolute Gasteiger partial charge is 0.0456 e. The lowest BCUT2D eigenvalue weighted by Gasteiger charge is -2.23. The van der Waals surface area contributed by atoms with Crippen molar-refractivity contribution >= 4 is 11.4 Å². The first-order valence-electron chi connectivity index (χ1n) is 7.42. The SMILES string of the molecule is CC(C)NCc1ccccc1N1CCc2ccccc21. The predicted octanol–water partition coefficient (Wildman–Crippen LogP) is 3.88. The lowest BCUT2D eigenvalue weighted by atomic mass is 10.1. The van der Waals surface area contributed by atoms with E-state index in [-0.39, 0.29) is 0 Å². The molecule has 0 atom stereocenters. The number of nitrogens with one attached hydrogen (secondary N) is 1. The van der Waals surface area contributed by atoms with Crippen LogP contribution in [-0.4, -0.2) is 12.6 Å². The maximum atomic E-state index is 3.52. The summed E-state index contributed by atoms with van der Waals surface area (Å²) < 4.78 is 0. The molecule has 1 N–H and O–H groups in total. The van der Waals surface area contributed by atoms with E-state index in [0.29, 0.717) is 6.04 Å². The Hall–Kier alpha value is -1.80. The molecule has 0 radical (unpaired) electrons. The standard InChI is InChI=1S/C18H22N2/c1-14(2)19-13-16-8-4-6-10-18(16)20-12-11-15-7-3-5-9-17(15)20/h3-10,14,19H,11-13H2,1-2H3. The van der Waals surface area contributed by atoms with Gasteiger partial charge in [0.1, 0.15) is 0 Å². The summed E-state index contributed by atoms with van der Waals surface area (Å²) in [7, 11) is 0. The largest absolute Gasteiger partial charge is 0.341 e. The van der Waals surface area contributed by atoms with Gasteiger partial charge in [-0.05, 0) is 29.7 Å². The average Bonchev–Trinajstić information content (AvgIpc) is 2.89. The molecule has 2 aromatic carbocycles. The lowest BCUT2D eigenvalue weighted by Crippen LogP contribution is -2.24. The number of rotatable bonds is 4. The van der Waals surface area contributed by atoms with Crippen LogP contribution in [0.15, 0.2) is 48.5 Å². The van der Waals surface area contributed by atoms with Gasteiger partial charge in [-0.1, -0.05) is 50.2 Å². The molecule has 0 amide bonds. The topological polar surface area (TPSA) is 15.3 Å². The van der Waals surface area contributed by atoms with Gasteiger partial charge in [0.25, 0.3) is 0 Å². The number of fused-ring (bicyclic) bond motifs is 1. The van der Waals surface area contributed by atoms with E-state index in [1.165, 1.54) is 22.5 Å². The molecule has 1 aliphatic heterocycles. The molecule has 0 saturated heterocycles. The van der Waals surface area contributed by atoms with Gasteiger partial charge in [-0.25, -0.2) is 0 Å².